The van der Waals surface area contributed by atoms with Crippen molar-refractivity contribution in [3.05, 3.63) is 53.8 Å². The maximum atomic E-state index is 13.0. The highest BCUT2D eigenvalue weighted by atomic mass is 35.5. The van der Waals surface area contributed by atoms with Crippen LogP contribution >= 0.6 is 11.6 Å². The number of hydrogen-bond acceptors (Lipinski definition) is 4. The summed E-state index contributed by atoms with van der Waals surface area (Å²) in [6, 6.07) is 10.8. The predicted octanol–water partition coefficient (Wildman–Crippen LogP) is 2.94. The maximum Gasteiger partial charge on any atom is 0.245 e. The van der Waals surface area contributed by atoms with Gasteiger partial charge in [-0.2, -0.15) is 4.31 Å². The van der Waals surface area contributed by atoms with Crippen LogP contribution in [0.1, 0.15) is 19.3 Å². The van der Waals surface area contributed by atoms with Crippen LogP contribution in [0.25, 0.3) is 0 Å². The van der Waals surface area contributed by atoms with Gasteiger partial charge in [0.2, 0.25) is 15.9 Å². The van der Waals surface area contributed by atoms with Crippen LogP contribution in [0.3, 0.4) is 0 Å². The molecule has 0 bridgehead atoms. The molecule has 1 fully saturated rings. The van der Waals surface area contributed by atoms with E-state index in [0.29, 0.717) is 23.8 Å². The Labute approximate surface area is 158 Å². The number of pyridine rings is 1. The van der Waals surface area contributed by atoms with E-state index in [1.807, 2.05) is 0 Å². The molecule has 6 nitrogen and oxygen atoms in total. The number of carbonyl (C=O) groups excluding carboxylic acids is 1. The second-order valence-electron chi connectivity index (χ2n) is 6.18. The van der Waals surface area contributed by atoms with Gasteiger partial charge in [0.25, 0.3) is 0 Å². The SMILES string of the molecule is CN(C(=O)C1CCCCN1S(=O)(=O)c1ccccc1)c1ccc(Cl)nc1. The van der Waals surface area contributed by atoms with Crippen molar-refractivity contribution in [2.45, 2.75) is 30.2 Å². The Morgan fingerprint density at radius 2 is 1.92 bits per heavy atom. The number of benzene rings is 1. The van der Waals surface area contributed by atoms with Crippen molar-refractivity contribution in [2.75, 3.05) is 18.5 Å². The van der Waals surface area contributed by atoms with Crippen molar-refractivity contribution in [3.63, 3.8) is 0 Å². The summed E-state index contributed by atoms with van der Waals surface area (Å²) in [4.78, 5) is 18.7. The van der Waals surface area contributed by atoms with Gasteiger partial charge < -0.3 is 4.90 Å². The van der Waals surface area contributed by atoms with E-state index in [9.17, 15) is 13.2 Å². The first-order chi connectivity index (χ1) is 12.4. The Hall–Kier alpha value is -1.96. The molecular weight excluding hydrogens is 374 g/mol. The first kappa shape index (κ1) is 18.8. The molecule has 0 saturated carbocycles. The van der Waals surface area contributed by atoms with E-state index in [4.69, 9.17) is 11.6 Å². The molecule has 1 amide bonds. The van der Waals surface area contributed by atoms with Crippen LogP contribution in [-0.4, -0.2) is 43.2 Å². The molecule has 138 valence electrons. The standard InChI is InChI=1S/C18H20ClN3O3S/c1-21(14-10-11-17(19)20-13-14)18(23)16-9-5-6-12-22(16)26(24,25)15-7-3-2-4-8-15/h2-4,7-8,10-11,13,16H,5-6,9,12H2,1H3. The highest BCUT2D eigenvalue weighted by Gasteiger charge is 2.39. The zero-order valence-corrected chi connectivity index (χ0v) is 15.9. The van der Waals surface area contributed by atoms with Crippen LogP contribution in [0.4, 0.5) is 5.69 Å². The summed E-state index contributed by atoms with van der Waals surface area (Å²) in [7, 11) is -2.11. The van der Waals surface area contributed by atoms with E-state index in [2.05, 4.69) is 4.98 Å². The van der Waals surface area contributed by atoms with Crippen molar-refractivity contribution in [1.82, 2.24) is 9.29 Å². The number of sulfonamides is 1. The Balaban J connectivity index is 1.89. The number of likely N-dealkylation sites (N-methyl/N-ethyl adjacent to an activating group) is 1. The van der Waals surface area contributed by atoms with Crippen molar-refractivity contribution in [2.24, 2.45) is 0 Å². The Morgan fingerprint density at radius 3 is 2.58 bits per heavy atom. The third kappa shape index (κ3) is 3.75. The van der Waals surface area contributed by atoms with Gasteiger partial charge >= 0.3 is 0 Å². The fourth-order valence-electron chi connectivity index (χ4n) is 3.08. The molecule has 1 aromatic heterocycles. The van der Waals surface area contributed by atoms with Crippen molar-refractivity contribution in [3.8, 4) is 0 Å². The van der Waals surface area contributed by atoms with E-state index in [1.165, 1.54) is 15.4 Å². The zero-order chi connectivity index (χ0) is 18.7. The topological polar surface area (TPSA) is 70.6 Å². The molecule has 0 radical (unpaired) electrons. The van der Waals surface area contributed by atoms with Crippen LogP contribution in [0, 0.1) is 0 Å². The average molecular weight is 394 g/mol. The van der Waals surface area contributed by atoms with E-state index in [0.717, 1.165) is 12.8 Å². The quantitative estimate of drug-likeness (QED) is 0.749. The second kappa shape index (κ2) is 7.73. The van der Waals surface area contributed by atoms with Gasteiger partial charge in [-0.1, -0.05) is 36.2 Å². The summed E-state index contributed by atoms with van der Waals surface area (Å²) in [5.74, 6) is -0.270. The van der Waals surface area contributed by atoms with E-state index in [-0.39, 0.29) is 10.8 Å². The lowest BCUT2D eigenvalue weighted by molar-refractivity contribution is -0.122. The monoisotopic (exact) mass is 393 g/mol. The molecule has 0 aliphatic carbocycles. The predicted molar refractivity (Wildman–Crippen MR) is 101 cm³/mol. The first-order valence-corrected chi connectivity index (χ1v) is 10.2. The molecular formula is C18H20ClN3O3S. The molecule has 1 aliphatic heterocycles. The molecule has 1 unspecified atom stereocenters. The molecule has 26 heavy (non-hydrogen) atoms. The van der Waals surface area contributed by atoms with Crippen LogP contribution in [-0.2, 0) is 14.8 Å². The van der Waals surface area contributed by atoms with Gasteiger partial charge in [0, 0.05) is 13.6 Å². The molecule has 1 aromatic carbocycles. The van der Waals surface area contributed by atoms with Gasteiger partial charge in [-0.15, -0.1) is 0 Å². The van der Waals surface area contributed by atoms with E-state index >= 15 is 0 Å². The summed E-state index contributed by atoms with van der Waals surface area (Å²) >= 11 is 5.79. The lowest BCUT2D eigenvalue weighted by Crippen LogP contribution is -2.52. The molecule has 3 rings (SSSR count). The summed E-state index contributed by atoms with van der Waals surface area (Å²) < 4.78 is 27.4. The Morgan fingerprint density at radius 1 is 1.19 bits per heavy atom. The Kier molecular flexibility index (Phi) is 5.60. The number of halogens is 1. The average Bonchev–Trinajstić information content (AvgIpc) is 2.68. The lowest BCUT2D eigenvalue weighted by Gasteiger charge is -2.35. The number of aromatic nitrogens is 1. The molecule has 2 aromatic rings. The number of piperidine rings is 1. The Bertz CT molecular complexity index is 872. The summed E-state index contributed by atoms with van der Waals surface area (Å²) in [6.07, 6.45) is 3.54. The van der Waals surface area contributed by atoms with Crippen LogP contribution < -0.4 is 4.90 Å². The minimum Gasteiger partial charge on any atom is -0.313 e. The molecule has 1 atom stereocenters. The molecule has 2 heterocycles. The minimum absolute atomic E-state index is 0.204. The van der Waals surface area contributed by atoms with Gasteiger partial charge in [-0.05, 0) is 37.1 Å². The number of hydrogen-bond donors (Lipinski definition) is 0. The summed E-state index contributed by atoms with van der Waals surface area (Å²) in [5, 5.41) is 0.334. The summed E-state index contributed by atoms with van der Waals surface area (Å²) in [5.41, 5.74) is 0.571. The normalized spacial score (nSPS) is 18.5. The number of rotatable bonds is 4. The fourth-order valence-corrected chi connectivity index (χ4v) is 4.87. The van der Waals surface area contributed by atoms with Crippen molar-refractivity contribution in [1.29, 1.82) is 0 Å². The number of carbonyl (C=O) groups is 1. The number of nitrogens with zero attached hydrogens (tertiary/aromatic N) is 3. The smallest absolute Gasteiger partial charge is 0.245 e. The van der Waals surface area contributed by atoms with Gasteiger partial charge in [0.15, 0.2) is 0 Å². The lowest BCUT2D eigenvalue weighted by atomic mass is 10.0. The third-order valence-corrected chi connectivity index (χ3v) is 6.66. The van der Waals surface area contributed by atoms with Crippen LogP contribution in [0.2, 0.25) is 5.15 Å². The van der Waals surface area contributed by atoms with Crippen LogP contribution in [0.15, 0.2) is 53.6 Å². The summed E-state index contributed by atoms with van der Waals surface area (Å²) in [6.45, 7) is 0.334. The van der Waals surface area contributed by atoms with Crippen LogP contribution in [0.5, 0.6) is 0 Å². The highest BCUT2D eigenvalue weighted by Crippen LogP contribution is 2.27. The second-order valence-corrected chi connectivity index (χ2v) is 8.45. The molecule has 1 saturated heterocycles. The zero-order valence-electron chi connectivity index (χ0n) is 14.4. The third-order valence-electron chi connectivity index (χ3n) is 4.52. The van der Waals surface area contributed by atoms with Gasteiger partial charge in [0.05, 0.1) is 16.8 Å². The maximum absolute atomic E-state index is 13.0. The van der Waals surface area contributed by atoms with Gasteiger partial charge in [-0.3, -0.25) is 4.79 Å². The number of anilines is 1. The van der Waals surface area contributed by atoms with Crippen molar-refractivity contribution >= 4 is 33.2 Å². The van der Waals surface area contributed by atoms with Gasteiger partial charge in [0.1, 0.15) is 11.2 Å². The van der Waals surface area contributed by atoms with E-state index < -0.39 is 16.1 Å². The van der Waals surface area contributed by atoms with Crippen molar-refractivity contribution < 1.29 is 13.2 Å². The first-order valence-electron chi connectivity index (χ1n) is 8.37. The number of amides is 1. The van der Waals surface area contributed by atoms with Gasteiger partial charge in [-0.25, -0.2) is 13.4 Å². The molecule has 0 spiro atoms. The molecule has 1 aliphatic rings. The minimum atomic E-state index is -3.73. The molecule has 8 heteroatoms. The highest BCUT2D eigenvalue weighted by molar-refractivity contribution is 7.89. The molecule has 0 N–H and O–H groups in total. The fraction of sp³-hybridized carbons (Fsp3) is 0.333. The largest absolute Gasteiger partial charge is 0.313 e. The van der Waals surface area contributed by atoms with E-state index in [1.54, 1.807) is 49.5 Å².